The molecular weight excluding hydrogens is 128 g/mol. The molecule has 0 N–H and O–H groups in total. The van der Waals surface area contributed by atoms with Gasteiger partial charge < -0.3 is 4.74 Å². The van der Waals surface area contributed by atoms with Gasteiger partial charge in [-0.3, -0.25) is 0 Å². The van der Waals surface area contributed by atoms with Crippen molar-refractivity contribution in [1.29, 1.82) is 0 Å². The maximum Gasteiger partial charge on any atom is 0.333 e. The van der Waals surface area contributed by atoms with Crippen LogP contribution in [0, 0.1) is 5.92 Å². The summed E-state index contributed by atoms with van der Waals surface area (Å²) in [6.45, 7) is 2.11. The first kappa shape index (κ1) is 7.32. The minimum absolute atomic E-state index is 0.163. The Morgan fingerprint density at radius 3 is 2.90 bits per heavy atom. The quantitative estimate of drug-likeness (QED) is 0.516. The van der Waals surface area contributed by atoms with Crippen molar-refractivity contribution in [2.45, 2.75) is 19.8 Å². The van der Waals surface area contributed by atoms with E-state index in [2.05, 4.69) is 11.7 Å². The Hall–Kier alpha value is -0.790. The van der Waals surface area contributed by atoms with Gasteiger partial charge in [-0.1, -0.05) is 13.0 Å². The van der Waals surface area contributed by atoms with E-state index in [9.17, 15) is 4.79 Å². The second-order valence-electron chi connectivity index (χ2n) is 2.70. The maximum atomic E-state index is 10.9. The largest absolute Gasteiger partial charge is 0.466 e. The second kappa shape index (κ2) is 2.86. The van der Waals surface area contributed by atoms with Gasteiger partial charge >= 0.3 is 5.97 Å². The molecule has 1 rings (SSSR count). The second-order valence-corrected chi connectivity index (χ2v) is 2.70. The van der Waals surface area contributed by atoms with Gasteiger partial charge in [-0.15, -0.1) is 0 Å². The van der Waals surface area contributed by atoms with Gasteiger partial charge in [0, 0.05) is 5.57 Å². The zero-order chi connectivity index (χ0) is 7.56. The number of carbonyl (C=O) groups excluding carboxylic acids is 1. The van der Waals surface area contributed by atoms with E-state index in [1.54, 1.807) is 0 Å². The van der Waals surface area contributed by atoms with Crippen molar-refractivity contribution in [2.75, 3.05) is 7.11 Å². The van der Waals surface area contributed by atoms with Crippen LogP contribution in [0.4, 0.5) is 0 Å². The summed E-state index contributed by atoms with van der Waals surface area (Å²) >= 11 is 0. The minimum atomic E-state index is -0.163. The molecule has 2 nitrogen and oxygen atoms in total. The highest BCUT2D eigenvalue weighted by atomic mass is 16.5. The lowest BCUT2D eigenvalue weighted by Crippen LogP contribution is -2.01. The van der Waals surface area contributed by atoms with E-state index in [-0.39, 0.29) is 5.97 Å². The normalized spacial score (nSPS) is 24.2. The summed E-state index contributed by atoms with van der Waals surface area (Å²) < 4.78 is 4.58. The molecule has 0 aromatic rings. The molecule has 0 aromatic carbocycles. The number of methoxy groups -OCH3 is 1. The summed E-state index contributed by atoms with van der Waals surface area (Å²) in [7, 11) is 1.42. The molecule has 0 saturated carbocycles. The molecular formula is C8H12O2. The summed E-state index contributed by atoms with van der Waals surface area (Å²) in [4.78, 5) is 10.9. The average molecular weight is 140 g/mol. The van der Waals surface area contributed by atoms with E-state index in [0.29, 0.717) is 5.92 Å². The number of allylic oxidation sites excluding steroid dienone is 1. The van der Waals surface area contributed by atoms with Crippen molar-refractivity contribution < 1.29 is 9.53 Å². The highest BCUT2D eigenvalue weighted by Crippen LogP contribution is 2.23. The fourth-order valence-electron chi connectivity index (χ4n) is 1.19. The van der Waals surface area contributed by atoms with Crippen LogP contribution < -0.4 is 0 Å². The fourth-order valence-corrected chi connectivity index (χ4v) is 1.19. The van der Waals surface area contributed by atoms with Gasteiger partial charge in [-0.05, 0) is 18.8 Å². The van der Waals surface area contributed by atoms with Gasteiger partial charge in [-0.25, -0.2) is 4.79 Å². The fraction of sp³-hybridized carbons (Fsp3) is 0.625. The lowest BCUT2D eigenvalue weighted by Gasteiger charge is -1.95. The highest BCUT2D eigenvalue weighted by molar-refractivity contribution is 5.88. The Morgan fingerprint density at radius 2 is 2.50 bits per heavy atom. The summed E-state index contributed by atoms with van der Waals surface area (Å²) in [5, 5.41) is 0. The van der Waals surface area contributed by atoms with Gasteiger partial charge in [-0.2, -0.15) is 0 Å². The first-order valence-electron chi connectivity index (χ1n) is 3.53. The van der Waals surface area contributed by atoms with Gasteiger partial charge in [0.05, 0.1) is 7.11 Å². The molecule has 0 aliphatic heterocycles. The number of esters is 1. The Morgan fingerprint density at radius 1 is 1.80 bits per heavy atom. The van der Waals surface area contributed by atoms with E-state index in [1.165, 1.54) is 7.11 Å². The van der Waals surface area contributed by atoms with Crippen molar-refractivity contribution in [2.24, 2.45) is 5.92 Å². The first-order chi connectivity index (χ1) is 4.74. The third kappa shape index (κ3) is 1.38. The van der Waals surface area contributed by atoms with E-state index in [0.717, 1.165) is 18.4 Å². The van der Waals surface area contributed by atoms with Crippen LogP contribution >= 0.6 is 0 Å². The van der Waals surface area contributed by atoms with Crippen LogP contribution in [0.3, 0.4) is 0 Å². The van der Waals surface area contributed by atoms with Crippen molar-refractivity contribution in [3.05, 3.63) is 11.6 Å². The van der Waals surface area contributed by atoms with Crippen LogP contribution in [0.15, 0.2) is 11.6 Å². The molecule has 10 heavy (non-hydrogen) atoms. The smallest absolute Gasteiger partial charge is 0.333 e. The minimum Gasteiger partial charge on any atom is -0.466 e. The van der Waals surface area contributed by atoms with E-state index >= 15 is 0 Å². The van der Waals surface area contributed by atoms with Crippen LogP contribution in [-0.4, -0.2) is 13.1 Å². The molecule has 0 spiro atoms. The Bertz CT molecular complexity index is 170. The molecule has 0 fully saturated rings. The first-order valence-corrected chi connectivity index (χ1v) is 3.53. The molecule has 1 aliphatic rings. The van der Waals surface area contributed by atoms with Crippen LogP contribution in [0.2, 0.25) is 0 Å². The van der Waals surface area contributed by atoms with Crippen molar-refractivity contribution in [3.63, 3.8) is 0 Å². The van der Waals surface area contributed by atoms with Gasteiger partial charge in [0.25, 0.3) is 0 Å². The van der Waals surface area contributed by atoms with E-state index < -0.39 is 0 Å². The molecule has 0 bridgehead atoms. The Labute approximate surface area is 60.9 Å². The molecule has 1 atom stereocenters. The SMILES string of the molecule is COC(=O)C1=C[C@H](C)CC1. The summed E-state index contributed by atoms with van der Waals surface area (Å²) in [6.07, 6.45) is 3.96. The summed E-state index contributed by atoms with van der Waals surface area (Å²) in [5.41, 5.74) is 0.843. The third-order valence-electron chi connectivity index (χ3n) is 1.80. The number of ether oxygens (including phenoxy) is 1. The maximum absolute atomic E-state index is 10.9. The highest BCUT2D eigenvalue weighted by Gasteiger charge is 2.17. The molecule has 0 amide bonds. The lowest BCUT2D eigenvalue weighted by atomic mass is 10.2. The van der Waals surface area contributed by atoms with Gasteiger partial charge in [0.2, 0.25) is 0 Å². The topological polar surface area (TPSA) is 26.3 Å². The Kier molecular flexibility index (Phi) is 2.10. The summed E-state index contributed by atoms with van der Waals surface area (Å²) in [6, 6.07) is 0. The zero-order valence-electron chi connectivity index (χ0n) is 6.39. The van der Waals surface area contributed by atoms with Crippen molar-refractivity contribution in [1.82, 2.24) is 0 Å². The van der Waals surface area contributed by atoms with Crippen LogP contribution in [-0.2, 0) is 9.53 Å². The molecule has 2 heteroatoms. The summed E-state index contributed by atoms with van der Waals surface area (Å²) in [5.74, 6) is 0.387. The molecule has 1 aliphatic carbocycles. The predicted octanol–water partition coefficient (Wildman–Crippen LogP) is 1.52. The van der Waals surface area contributed by atoms with Gasteiger partial charge in [0.1, 0.15) is 0 Å². The van der Waals surface area contributed by atoms with Crippen LogP contribution in [0.25, 0.3) is 0 Å². The average Bonchev–Trinajstić information content (AvgIpc) is 2.34. The third-order valence-corrected chi connectivity index (χ3v) is 1.80. The number of rotatable bonds is 1. The van der Waals surface area contributed by atoms with E-state index in [4.69, 9.17) is 0 Å². The predicted molar refractivity (Wildman–Crippen MR) is 38.5 cm³/mol. The van der Waals surface area contributed by atoms with Crippen molar-refractivity contribution in [3.8, 4) is 0 Å². The van der Waals surface area contributed by atoms with Gasteiger partial charge in [0.15, 0.2) is 0 Å². The number of carbonyl (C=O) groups is 1. The number of hydrogen-bond donors (Lipinski definition) is 0. The monoisotopic (exact) mass is 140 g/mol. The van der Waals surface area contributed by atoms with Crippen LogP contribution in [0.5, 0.6) is 0 Å². The molecule has 0 aromatic heterocycles. The molecule has 0 saturated heterocycles. The molecule has 0 unspecified atom stereocenters. The molecule has 0 radical (unpaired) electrons. The number of hydrogen-bond acceptors (Lipinski definition) is 2. The Balaban J connectivity index is 2.57. The standard InChI is InChI=1S/C8H12O2/c1-6-3-4-7(5-6)8(9)10-2/h5-6H,3-4H2,1-2H3/t6-/m1/s1. The van der Waals surface area contributed by atoms with Crippen LogP contribution in [0.1, 0.15) is 19.8 Å². The molecule has 56 valence electrons. The van der Waals surface area contributed by atoms with E-state index in [1.807, 2.05) is 6.08 Å². The molecule has 0 heterocycles. The zero-order valence-corrected chi connectivity index (χ0v) is 6.39. The van der Waals surface area contributed by atoms with Crippen molar-refractivity contribution >= 4 is 5.97 Å². The lowest BCUT2D eigenvalue weighted by molar-refractivity contribution is -0.136.